The Labute approximate surface area is 132 Å². The quantitative estimate of drug-likeness (QED) is 0.320. The molecule has 0 rings (SSSR count). The molecular weight excluding hydrogens is 370 g/mol. The average Bonchev–Trinajstić information content (AvgIpc) is 2.36. The van der Waals surface area contributed by atoms with Crippen molar-refractivity contribution in [3.63, 3.8) is 0 Å². The van der Waals surface area contributed by atoms with E-state index in [1.165, 1.54) is 51.8 Å². The number of hydrogen-bond acceptors (Lipinski definition) is 0. The first-order valence-corrected chi connectivity index (χ1v) is 19.8. The minimum absolute atomic E-state index is 0.439. The molecule has 20 heavy (non-hydrogen) atoms. The second-order valence-corrected chi connectivity index (χ2v) is 25.4. The van der Waals surface area contributed by atoms with Crippen LogP contribution in [-0.2, 0) is 0 Å². The second kappa shape index (κ2) is 10.4. The monoisotopic (exact) mass is 408 g/mol. The molecule has 0 radical (unpaired) electrons. The zero-order valence-electron chi connectivity index (χ0n) is 14.8. The molecule has 0 aliphatic rings. The van der Waals surface area contributed by atoms with Crippen LogP contribution in [0.3, 0.4) is 0 Å². The van der Waals surface area contributed by atoms with Gasteiger partial charge in [0.1, 0.15) is 0 Å². The summed E-state index contributed by atoms with van der Waals surface area (Å²) in [5.41, 5.74) is 2.12. The van der Waals surface area contributed by atoms with E-state index in [9.17, 15) is 0 Å². The Kier molecular flexibility index (Phi) is 10.8. The van der Waals surface area contributed by atoms with Crippen LogP contribution in [0.4, 0.5) is 4.39 Å². The van der Waals surface area contributed by atoms with Crippen molar-refractivity contribution in [1.82, 2.24) is 0 Å². The number of rotatable bonds is 11. The molecule has 0 fully saturated rings. The van der Waals surface area contributed by atoms with Gasteiger partial charge in [-0.15, -0.1) is 0 Å². The SMILES string of the molecule is CCC[CH2][Sn]([CH2]CCC)([CH2]CCC)/[C](F)=C/[Si](C)(C)C. The van der Waals surface area contributed by atoms with Crippen LogP contribution in [0, 0.1) is 0 Å². The van der Waals surface area contributed by atoms with E-state index >= 15 is 4.39 Å². The van der Waals surface area contributed by atoms with Gasteiger partial charge in [-0.2, -0.15) is 0 Å². The van der Waals surface area contributed by atoms with Gasteiger partial charge in [-0.05, 0) is 0 Å². The summed E-state index contributed by atoms with van der Waals surface area (Å²) in [5, 5.41) is 0. The molecule has 0 aromatic carbocycles. The van der Waals surface area contributed by atoms with Gasteiger partial charge in [-0.25, -0.2) is 0 Å². The van der Waals surface area contributed by atoms with Gasteiger partial charge in [0.15, 0.2) is 0 Å². The molecule has 0 amide bonds. The summed E-state index contributed by atoms with van der Waals surface area (Å²) >= 11 is -2.71. The maximum atomic E-state index is 15.2. The Balaban J connectivity index is 5.26. The van der Waals surface area contributed by atoms with Crippen LogP contribution in [0.5, 0.6) is 0 Å². The van der Waals surface area contributed by atoms with Crippen molar-refractivity contribution in [3.8, 4) is 0 Å². The normalized spacial score (nSPS) is 13.8. The first kappa shape index (κ1) is 20.7. The van der Waals surface area contributed by atoms with Crippen molar-refractivity contribution in [1.29, 1.82) is 0 Å². The second-order valence-electron chi connectivity index (χ2n) is 7.45. The number of unbranched alkanes of at least 4 members (excludes halogenated alkanes) is 3. The molecule has 0 saturated carbocycles. The number of halogens is 1. The summed E-state index contributed by atoms with van der Waals surface area (Å²) in [6.45, 7) is 13.5. The third-order valence-electron chi connectivity index (χ3n) is 4.09. The third kappa shape index (κ3) is 8.21. The zero-order valence-corrected chi connectivity index (χ0v) is 18.7. The Morgan fingerprint density at radius 3 is 1.45 bits per heavy atom. The van der Waals surface area contributed by atoms with Crippen LogP contribution in [0.15, 0.2) is 9.54 Å². The van der Waals surface area contributed by atoms with Gasteiger partial charge in [0.05, 0.1) is 0 Å². The van der Waals surface area contributed by atoms with Crippen LogP contribution in [0.1, 0.15) is 59.3 Å². The molecule has 0 atom stereocenters. The Bertz CT molecular complexity index is 259. The van der Waals surface area contributed by atoms with Gasteiger partial charge >= 0.3 is 133 Å². The van der Waals surface area contributed by atoms with E-state index in [2.05, 4.69) is 46.1 Å². The molecule has 0 nitrogen and oxygen atoms in total. The molecular formula is C17H37FSiSn. The molecule has 0 aliphatic carbocycles. The Morgan fingerprint density at radius 2 is 1.20 bits per heavy atom. The van der Waals surface area contributed by atoms with Crippen molar-refractivity contribution >= 4 is 26.5 Å². The van der Waals surface area contributed by atoms with Crippen LogP contribution in [-0.4, -0.2) is 26.5 Å². The summed E-state index contributed by atoms with van der Waals surface area (Å²) in [5.74, 6) is 0. The topological polar surface area (TPSA) is 0 Å². The van der Waals surface area contributed by atoms with Gasteiger partial charge < -0.3 is 0 Å². The van der Waals surface area contributed by atoms with E-state index in [-0.39, 0.29) is 0 Å². The summed E-state index contributed by atoms with van der Waals surface area (Å²) < 4.78 is 19.4. The number of hydrogen-bond donors (Lipinski definition) is 0. The van der Waals surface area contributed by atoms with Crippen LogP contribution in [0.2, 0.25) is 33.0 Å². The van der Waals surface area contributed by atoms with E-state index in [0.29, 0.717) is 3.84 Å². The van der Waals surface area contributed by atoms with Gasteiger partial charge in [0.25, 0.3) is 0 Å². The van der Waals surface area contributed by atoms with E-state index in [1.807, 2.05) is 0 Å². The predicted octanol–water partition coefficient (Wildman–Crippen LogP) is 7.11. The summed E-state index contributed by atoms with van der Waals surface area (Å²) in [6.07, 6.45) is 7.40. The molecule has 0 spiro atoms. The maximum absolute atomic E-state index is 15.2. The molecule has 120 valence electrons. The molecule has 3 heteroatoms. The van der Waals surface area contributed by atoms with Crippen molar-refractivity contribution in [2.75, 3.05) is 0 Å². The van der Waals surface area contributed by atoms with Gasteiger partial charge in [-0.1, -0.05) is 0 Å². The molecule has 0 aromatic heterocycles. The third-order valence-corrected chi connectivity index (χ3v) is 20.6. The molecule has 0 aliphatic heterocycles. The molecule has 0 unspecified atom stereocenters. The standard InChI is InChI=1S/C5H10FSi.3C4H9.Sn/c1-7(2,3)5-4-6;3*1-3-4-2;/h5H,1-3H3;3*1,3-4H2,2H3;. The molecule has 0 aromatic rings. The predicted molar refractivity (Wildman–Crippen MR) is 97.4 cm³/mol. The first-order valence-electron chi connectivity index (χ1n) is 8.70. The van der Waals surface area contributed by atoms with Crippen molar-refractivity contribution < 1.29 is 4.39 Å². The molecule has 0 saturated heterocycles. The molecule has 0 N–H and O–H groups in total. The van der Waals surface area contributed by atoms with E-state index in [4.69, 9.17) is 0 Å². The fraction of sp³-hybridized carbons (Fsp3) is 0.882. The van der Waals surface area contributed by atoms with E-state index in [1.54, 1.807) is 0 Å². The summed E-state index contributed by atoms with van der Waals surface area (Å²) in [4.78, 5) is 0. The molecule has 0 heterocycles. The van der Waals surface area contributed by atoms with Crippen molar-refractivity contribution in [2.45, 2.75) is 92.2 Å². The van der Waals surface area contributed by atoms with Crippen LogP contribution in [0.25, 0.3) is 0 Å². The Hall–Kier alpha value is 0.686. The van der Waals surface area contributed by atoms with Crippen molar-refractivity contribution in [3.05, 3.63) is 9.54 Å². The van der Waals surface area contributed by atoms with E-state index in [0.717, 1.165) is 0 Å². The van der Waals surface area contributed by atoms with Crippen LogP contribution < -0.4 is 0 Å². The van der Waals surface area contributed by atoms with Crippen LogP contribution >= 0.6 is 0 Å². The molecule has 0 bridgehead atoms. The summed E-state index contributed by atoms with van der Waals surface area (Å²) in [6, 6.07) is 0. The Morgan fingerprint density at radius 1 is 0.850 bits per heavy atom. The van der Waals surface area contributed by atoms with Gasteiger partial charge in [0.2, 0.25) is 0 Å². The average molecular weight is 407 g/mol. The fourth-order valence-electron chi connectivity index (χ4n) is 2.81. The zero-order chi connectivity index (χ0) is 15.6. The van der Waals surface area contributed by atoms with Gasteiger partial charge in [0, 0.05) is 0 Å². The van der Waals surface area contributed by atoms with E-state index < -0.39 is 26.5 Å². The van der Waals surface area contributed by atoms with Gasteiger partial charge in [-0.3, -0.25) is 0 Å². The minimum atomic E-state index is -2.71. The van der Waals surface area contributed by atoms with Crippen molar-refractivity contribution in [2.24, 2.45) is 0 Å². The fourth-order valence-corrected chi connectivity index (χ4v) is 23.2. The first-order chi connectivity index (χ1) is 9.31. The summed E-state index contributed by atoms with van der Waals surface area (Å²) in [7, 11) is -1.43.